The van der Waals surface area contributed by atoms with E-state index < -0.39 is 5.97 Å². The van der Waals surface area contributed by atoms with E-state index in [1.54, 1.807) is 36.4 Å². The highest BCUT2D eigenvalue weighted by Crippen LogP contribution is 2.23. The topological polar surface area (TPSA) is 88.4 Å². The summed E-state index contributed by atoms with van der Waals surface area (Å²) >= 11 is 0. The monoisotopic (exact) mass is 338 g/mol. The minimum Gasteiger partial charge on any atom is -0.496 e. The number of benzene rings is 2. The summed E-state index contributed by atoms with van der Waals surface area (Å²) in [5, 5.41) is 12.3. The molecule has 2 aromatic rings. The van der Waals surface area contributed by atoms with E-state index in [4.69, 9.17) is 9.47 Å². The van der Waals surface area contributed by atoms with Gasteiger partial charge in [0.05, 0.1) is 25.5 Å². The van der Waals surface area contributed by atoms with Crippen LogP contribution in [0.1, 0.15) is 38.8 Å². The van der Waals surface area contributed by atoms with Crippen LogP contribution in [0.4, 0.5) is 5.69 Å². The lowest BCUT2D eigenvalue weighted by Crippen LogP contribution is -2.07. The second-order valence-corrected chi connectivity index (χ2v) is 5.31. The molecule has 0 aromatic heterocycles. The van der Waals surface area contributed by atoms with Crippen LogP contribution >= 0.6 is 0 Å². The van der Waals surface area contributed by atoms with E-state index in [0.29, 0.717) is 34.7 Å². The zero-order valence-corrected chi connectivity index (χ0v) is 14.3. The molecule has 0 aliphatic heterocycles. The molecule has 0 spiro atoms. The third-order valence-electron chi connectivity index (χ3n) is 3.70. The summed E-state index contributed by atoms with van der Waals surface area (Å²) in [6.45, 7) is 1.83. The van der Waals surface area contributed by atoms with Gasteiger partial charge in [0.1, 0.15) is 17.4 Å². The van der Waals surface area contributed by atoms with E-state index in [-0.39, 0.29) is 5.78 Å². The van der Waals surface area contributed by atoms with Gasteiger partial charge in [0, 0.05) is 12.1 Å². The van der Waals surface area contributed by atoms with Gasteiger partial charge in [0.2, 0.25) is 0 Å². The minimum absolute atomic E-state index is 0.0787. The molecule has 6 nitrogen and oxygen atoms in total. The summed E-state index contributed by atoms with van der Waals surface area (Å²) in [6.07, 6.45) is 0. The molecule has 1 N–H and O–H groups in total. The molecule has 0 saturated carbocycles. The zero-order chi connectivity index (χ0) is 18.4. The lowest BCUT2D eigenvalue weighted by atomic mass is 10.1. The molecule has 0 amide bonds. The minimum atomic E-state index is -0.491. The Labute approximate surface area is 146 Å². The highest BCUT2D eigenvalue weighted by Gasteiger charge is 2.14. The van der Waals surface area contributed by atoms with Crippen LogP contribution in [0, 0.1) is 11.3 Å². The summed E-state index contributed by atoms with van der Waals surface area (Å²) in [5.41, 5.74) is 2.64. The van der Waals surface area contributed by atoms with E-state index in [0.717, 1.165) is 5.56 Å². The summed E-state index contributed by atoms with van der Waals surface area (Å²) in [7, 11) is 2.78. The molecule has 0 heterocycles. The van der Waals surface area contributed by atoms with Crippen LogP contribution in [0.15, 0.2) is 36.4 Å². The molecule has 0 fully saturated rings. The maximum absolute atomic E-state index is 11.8. The van der Waals surface area contributed by atoms with Crippen LogP contribution in [-0.2, 0) is 11.3 Å². The van der Waals surface area contributed by atoms with Crippen molar-refractivity contribution in [1.29, 1.82) is 5.26 Å². The van der Waals surface area contributed by atoms with Crippen LogP contribution in [0.3, 0.4) is 0 Å². The molecule has 0 radical (unpaired) electrons. The van der Waals surface area contributed by atoms with Crippen LogP contribution < -0.4 is 10.1 Å². The van der Waals surface area contributed by atoms with Crippen molar-refractivity contribution in [3.05, 3.63) is 58.7 Å². The number of anilines is 1. The third-order valence-corrected chi connectivity index (χ3v) is 3.70. The van der Waals surface area contributed by atoms with Gasteiger partial charge < -0.3 is 14.8 Å². The number of ketones is 1. The number of rotatable bonds is 6. The summed E-state index contributed by atoms with van der Waals surface area (Å²) in [4.78, 5) is 23.4. The Balaban J connectivity index is 2.27. The molecule has 0 aliphatic carbocycles. The molecular formula is C19H18N2O4. The van der Waals surface area contributed by atoms with E-state index in [1.165, 1.54) is 21.1 Å². The average molecular weight is 338 g/mol. The number of nitrogens with one attached hydrogen (secondary N) is 1. The predicted octanol–water partition coefficient (Wildman–Crippen LogP) is 3.17. The number of esters is 1. The van der Waals surface area contributed by atoms with Crippen molar-refractivity contribution in [2.45, 2.75) is 13.5 Å². The Morgan fingerprint density at radius 3 is 2.52 bits per heavy atom. The fraction of sp³-hybridized carbons (Fsp3) is 0.211. The van der Waals surface area contributed by atoms with E-state index in [2.05, 4.69) is 11.4 Å². The number of methoxy groups -OCH3 is 2. The van der Waals surface area contributed by atoms with Crippen molar-refractivity contribution in [3.8, 4) is 11.8 Å². The van der Waals surface area contributed by atoms with E-state index in [1.807, 2.05) is 0 Å². The molecule has 0 atom stereocenters. The number of hydrogen-bond acceptors (Lipinski definition) is 6. The Hall–Kier alpha value is -3.33. The second-order valence-electron chi connectivity index (χ2n) is 5.31. The number of hydrogen-bond donors (Lipinski definition) is 1. The molecule has 0 bridgehead atoms. The Morgan fingerprint density at radius 2 is 1.92 bits per heavy atom. The first-order valence-electron chi connectivity index (χ1n) is 7.54. The van der Waals surface area contributed by atoms with Gasteiger partial charge in [-0.05, 0) is 42.8 Å². The fourth-order valence-electron chi connectivity index (χ4n) is 2.34. The number of Topliss-reactive ketones (excluding diaryl/α,β-unsaturated/α-hetero) is 1. The molecular weight excluding hydrogens is 320 g/mol. The number of nitriles is 1. The first-order valence-corrected chi connectivity index (χ1v) is 7.54. The SMILES string of the molecule is COC(=O)c1cc(CNc2cc(C(C)=O)ccc2C#N)ccc1OC. The summed E-state index contributed by atoms with van der Waals surface area (Å²) in [6, 6.07) is 12.1. The van der Waals surface area contributed by atoms with E-state index >= 15 is 0 Å². The second kappa shape index (κ2) is 7.97. The van der Waals surface area contributed by atoms with Crippen molar-refractivity contribution in [2.75, 3.05) is 19.5 Å². The maximum atomic E-state index is 11.8. The lowest BCUT2D eigenvalue weighted by molar-refractivity contribution is 0.0597. The number of nitrogens with zero attached hydrogens (tertiary/aromatic N) is 1. The van der Waals surface area contributed by atoms with Gasteiger partial charge in [-0.25, -0.2) is 4.79 Å². The van der Waals surface area contributed by atoms with Crippen LogP contribution in [0.5, 0.6) is 5.75 Å². The van der Waals surface area contributed by atoms with Crippen molar-refractivity contribution in [3.63, 3.8) is 0 Å². The van der Waals surface area contributed by atoms with Crippen molar-refractivity contribution in [1.82, 2.24) is 0 Å². The van der Waals surface area contributed by atoms with Gasteiger partial charge in [0.25, 0.3) is 0 Å². The average Bonchev–Trinajstić information content (AvgIpc) is 2.65. The molecule has 0 aliphatic rings. The van der Waals surface area contributed by atoms with Gasteiger partial charge in [-0.2, -0.15) is 5.26 Å². The zero-order valence-electron chi connectivity index (χ0n) is 14.3. The molecule has 2 rings (SSSR count). The molecule has 0 saturated heterocycles. The number of ether oxygens (including phenoxy) is 2. The first kappa shape index (κ1) is 18.0. The Bertz CT molecular complexity index is 853. The molecule has 2 aromatic carbocycles. The Kier molecular flexibility index (Phi) is 5.75. The highest BCUT2D eigenvalue weighted by molar-refractivity contribution is 5.95. The molecule has 25 heavy (non-hydrogen) atoms. The normalized spacial score (nSPS) is 9.84. The van der Waals surface area contributed by atoms with Crippen LogP contribution in [-0.4, -0.2) is 26.0 Å². The first-order chi connectivity index (χ1) is 12.0. The van der Waals surface area contributed by atoms with Crippen molar-refractivity contribution in [2.24, 2.45) is 0 Å². The van der Waals surface area contributed by atoms with Crippen LogP contribution in [0.25, 0.3) is 0 Å². The summed E-state index contributed by atoms with van der Waals surface area (Å²) < 4.78 is 9.92. The summed E-state index contributed by atoms with van der Waals surface area (Å²) in [5.74, 6) is -0.146. The standard InChI is InChI=1S/C19H18N2O4/c1-12(22)14-5-6-15(10-20)17(9-14)21-11-13-4-7-18(24-2)16(8-13)19(23)25-3/h4-9,21H,11H2,1-3H3. The Morgan fingerprint density at radius 1 is 1.16 bits per heavy atom. The van der Waals surface area contributed by atoms with Gasteiger partial charge in [0.15, 0.2) is 5.78 Å². The van der Waals surface area contributed by atoms with Gasteiger partial charge in [-0.1, -0.05) is 6.07 Å². The lowest BCUT2D eigenvalue weighted by Gasteiger charge is -2.12. The predicted molar refractivity (Wildman–Crippen MR) is 92.8 cm³/mol. The van der Waals surface area contributed by atoms with Gasteiger partial charge in [-0.3, -0.25) is 4.79 Å². The highest BCUT2D eigenvalue weighted by atomic mass is 16.5. The fourth-order valence-corrected chi connectivity index (χ4v) is 2.34. The third kappa shape index (κ3) is 4.15. The maximum Gasteiger partial charge on any atom is 0.341 e. The number of carbonyl (C=O) groups is 2. The van der Waals surface area contributed by atoms with E-state index in [9.17, 15) is 14.9 Å². The molecule has 128 valence electrons. The number of carbonyl (C=O) groups excluding carboxylic acids is 2. The van der Waals surface area contributed by atoms with Crippen molar-refractivity contribution < 1.29 is 19.1 Å². The molecule has 6 heteroatoms. The van der Waals surface area contributed by atoms with Gasteiger partial charge in [-0.15, -0.1) is 0 Å². The largest absolute Gasteiger partial charge is 0.496 e. The smallest absolute Gasteiger partial charge is 0.341 e. The quantitative estimate of drug-likeness (QED) is 0.643. The van der Waals surface area contributed by atoms with Crippen LogP contribution in [0.2, 0.25) is 0 Å². The molecule has 0 unspecified atom stereocenters. The van der Waals surface area contributed by atoms with Gasteiger partial charge >= 0.3 is 5.97 Å². The van der Waals surface area contributed by atoms with Crippen molar-refractivity contribution >= 4 is 17.4 Å².